The zero-order chi connectivity index (χ0) is 30.9. The van der Waals surface area contributed by atoms with Crippen LogP contribution in [-0.2, 0) is 29.0 Å². The average Bonchev–Trinajstić information content (AvgIpc) is 2.58. The molecule has 8 nitrogen and oxygen atoms in total. The van der Waals surface area contributed by atoms with E-state index in [1.807, 2.05) is 0 Å². The molecular formula is C12H8F16O8S2-2. The molecule has 0 rings (SSSR count). The maximum atomic E-state index is 13.9. The molecule has 0 saturated heterocycles. The van der Waals surface area contributed by atoms with Crippen LogP contribution in [0.5, 0.6) is 0 Å². The third-order valence-electron chi connectivity index (χ3n) is 4.08. The van der Waals surface area contributed by atoms with Crippen LogP contribution < -0.4 is 5.26 Å². The van der Waals surface area contributed by atoms with Gasteiger partial charge in [-0.2, -0.15) is 74.6 Å². The van der Waals surface area contributed by atoms with Crippen molar-refractivity contribution in [1.29, 1.82) is 0 Å². The molecule has 0 unspecified atom stereocenters. The zero-order valence-corrected chi connectivity index (χ0v) is 18.6. The Bertz CT molecular complexity index is 851. The average molecular weight is 648 g/mol. The molecule has 0 N–H and O–H groups in total. The van der Waals surface area contributed by atoms with Crippen molar-refractivity contribution in [3.05, 3.63) is 0 Å². The summed E-state index contributed by atoms with van der Waals surface area (Å²) >= 11 is -2.31. The summed E-state index contributed by atoms with van der Waals surface area (Å²) in [6, 6.07) is 0. The Hall–Kier alpha value is -1.06. The molecule has 0 bridgehead atoms. The van der Waals surface area contributed by atoms with E-state index >= 15 is 0 Å². The molecule has 38 heavy (non-hydrogen) atoms. The van der Waals surface area contributed by atoms with Crippen LogP contribution in [0.15, 0.2) is 0 Å². The van der Waals surface area contributed by atoms with Gasteiger partial charge in [0.1, 0.15) is 10.1 Å². The molecular weight excluding hydrogens is 640 g/mol. The number of hydrogen-bond acceptors (Lipinski definition) is 9. The quantitative estimate of drug-likeness (QED) is 0.0726. The van der Waals surface area contributed by atoms with Crippen molar-refractivity contribution in [2.75, 3.05) is 13.2 Å². The summed E-state index contributed by atoms with van der Waals surface area (Å²) in [5.41, 5.74) is 0. The summed E-state index contributed by atoms with van der Waals surface area (Å²) in [5, 5.41) is 11.8. The highest BCUT2D eigenvalue weighted by molar-refractivity contribution is 7.96. The summed E-state index contributed by atoms with van der Waals surface area (Å²) < 4.78 is 237. The first kappa shape index (κ1) is 36.9. The largest absolute Gasteiger partial charge is 0.747 e. The highest BCUT2D eigenvalue weighted by Crippen LogP contribution is 2.60. The van der Waals surface area contributed by atoms with Crippen LogP contribution in [0, 0.1) is 0 Å². The second-order valence-electron chi connectivity index (χ2n) is 6.46. The van der Waals surface area contributed by atoms with Gasteiger partial charge >= 0.3 is 46.4 Å². The molecule has 0 radical (unpaired) electrons. The van der Waals surface area contributed by atoms with Crippen LogP contribution in [0.1, 0.15) is 12.8 Å². The lowest BCUT2D eigenvalue weighted by Crippen LogP contribution is -2.72. The highest BCUT2D eigenvalue weighted by atomic mass is 32.2. The van der Waals surface area contributed by atoms with E-state index in [4.69, 9.17) is 0 Å². The molecule has 26 heteroatoms. The highest BCUT2D eigenvalue weighted by Gasteiger charge is 2.88. The van der Waals surface area contributed by atoms with E-state index in [9.17, 15) is 88.5 Å². The smallest absolute Gasteiger partial charge is 0.424 e. The third kappa shape index (κ3) is 6.63. The number of unbranched alkanes of at least 4 members (excludes halogenated alkanes) is 1. The number of rotatable bonds is 13. The van der Waals surface area contributed by atoms with Gasteiger partial charge in [0.15, 0.2) is 0 Å². The fraction of sp³-hybridized carbons (Fsp3) is 1.00. The molecule has 0 aliphatic carbocycles. The Morgan fingerprint density at radius 3 is 1.21 bits per heavy atom. The van der Waals surface area contributed by atoms with Crippen molar-refractivity contribution < 1.29 is 107 Å². The standard InChI is InChI=1S/C12H10F16O8S2/c13-7(14,15)5(8(16,17)18,37-36-35-29)11(25,26)33-3-1-2-4-34-12(27,28)6(9(19,20)21,10(22,23)24)38(30,31)32/h29H,1-4H2,(H,30,31,32)/p-2. The van der Waals surface area contributed by atoms with Crippen LogP contribution in [0.2, 0.25) is 0 Å². The normalized spacial score (nSPS) is 15.7. The van der Waals surface area contributed by atoms with E-state index in [1.165, 1.54) is 0 Å². The van der Waals surface area contributed by atoms with Crippen LogP contribution >= 0.6 is 12.0 Å². The first-order valence-corrected chi connectivity index (χ1v) is 10.6. The molecule has 0 fully saturated rings. The number of alkyl halides is 16. The van der Waals surface area contributed by atoms with Gasteiger partial charge in [-0.05, 0) is 12.8 Å². The SMILES string of the molecule is O=S(=O)([O-])C(C(F)(F)F)(C(F)(F)F)C(F)(F)OCCCCOC(F)(F)C(SOO[O-])(C(F)(F)F)C(F)(F)F. The molecule has 0 atom stereocenters. The van der Waals surface area contributed by atoms with Crippen molar-refractivity contribution in [2.24, 2.45) is 0 Å². The summed E-state index contributed by atoms with van der Waals surface area (Å²) in [5.74, 6) is 0. The fourth-order valence-corrected chi connectivity index (χ4v) is 3.82. The van der Waals surface area contributed by atoms with Crippen LogP contribution in [0.3, 0.4) is 0 Å². The van der Waals surface area contributed by atoms with Crippen LogP contribution in [0.4, 0.5) is 70.2 Å². The lowest BCUT2D eigenvalue weighted by molar-refractivity contribution is -0.777. The van der Waals surface area contributed by atoms with Gasteiger partial charge in [-0.25, -0.2) is 8.42 Å². The Balaban J connectivity index is 5.73. The van der Waals surface area contributed by atoms with Crippen molar-refractivity contribution in [1.82, 2.24) is 0 Å². The van der Waals surface area contributed by atoms with Crippen LogP contribution in [0.25, 0.3) is 0 Å². The molecule has 0 aliphatic rings. The molecule has 0 heterocycles. The van der Waals surface area contributed by atoms with Crippen molar-refractivity contribution in [3.63, 3.8) is 0 Å². The van der Waals surface area contributed by atoms with E-state index in [-0.39, 0.29) is 0 Å². The molecule has 0 aromatic rings. The zero-order valence-electron chi connectivity index (χ0n) is 17.0. The van der Waals surface area contributed by atoms with Gasteiger partial charge in [-0.1, -0.05) is 0 Å². The summed E-state index contributed by atoms with van der Waals surface area (Å²) in [4.78, 5) is 0. The van der Waals surface area contributed by atoms with E-state index in [1.54, 1.807) is 0 Å². The van der Waals surface area contributed by atoms with E-state index < -0.39 is 94.6 Å². The summed E-state index contributed by atoms with van der Waals surface area (Å²) in [6.07, 6.45) is -45.5. The molecule has 0 aromatic carbocycles. The van der Waals surface area contributed by atoms with Crippen molar-refractivity contribution >= 4 is 22.2 Å². The maximum absolute atomic E-state index is 13.9. The van der Waals surface area contributed by atoms with Gasteiger partial charge in [0.25, 0.3) is 0 Å². The second-order valence-corrected chi connectivity index (χ2v) is 8.90. The maximum Gasteiger partial charge on any atom is 0.424 e. The van der Waals surface area contributed by atoms with E-state index in [0.717, 1.165) is 0 Å². The number of halogens is 16. The Morgan fingerprint density at radius 1 is 0.605 bits per heavy atom. The molecule has 0 aromatic heterocycles. The van der Waals surface area contributed by atoms with Gasteiger partial charge in [0.05, 0.1) is 25.3 Å². The first-order chi connectivity index (χ1) is 16.5. The van der Waals surface area contributed by atoms with Crippen LogP contribution in [-0.4, -0.2) is 72.6 Å². The van der Waals surface area contributed by atoms with Crippen molar-refractivity contribution in [3.8, 4) is 0 Å². The third-order valence-corrected chi connectivity index (χ3v) is 6.61. The van der Waals surface area contributed by atoms with Gasteiger partial charge in [0, 0.05) is 0 Å². The molecule has 0 aliphatic heterocycles. The Labute approximate surface area is 202 Å². The van der Waals surface area contributed by atoms with Gasteiger partial charge in [-0.15, -0.1) is 0 Å². The van der Waals surface area contributed by atoms with E-state index in [0.29, 0.717) is 0 Å². The summed E-state index contributed by atoms with van der Waals surface area (Å²) in [6.45, 7) is -4.20. The molecule has 0 amide bonds. The minimum absolute atomic E-state index is 1.46. The lowest BCUT2D eigenvalue weighted by atomic mass is 10.1. The predicted octanol–water partition coefficient (Wildman–Crippen LogP) is 4.13. The van der Waals surface area contributed by atoms with Crippen molar-refractivity contribution in [2.45, 2.75) is 59.3 Å². The minimum atomic E-state index is -8.08. The van der Waals surface area contributed by atoms with Gasteiger partial charge in [0.2, 0.25) is 0 Å². The minimum Gasteiger partial charge on any atom is -0.747 e. The monoisotopic (exact) mass is 648 g/mol. The van der Waals surface area contributed by atoms with E-state index in [2.05, 4.69) is 18.8 Å². The Kier molecular flexibility index (Phi) is 11.1. The second kappa shape index (κ2) is 11.4. The number of ether oxygens (including phenoxy) is 2. The molecule has 230 valence electrons. The molecule has 0 spiro atoms. The molecule has 0 saturated carbocycles. The predicted molar refractivity (Wildman–Crippen MR) is 80.2 cm³/mol. The van der Waals surface area contributed by atoms with Gasteiger partial charge in [-0.3, -0.25) is 5.04 Å². The first-order valence-electron chi connectivity index (χ1n) is 8.42. The number of hydrogen-bond donors (Lipinski definition) is 0. The topological polar surface area (TPSA) is 117 Å². The Morgan fingerprint density at radius 2 is 0.947 bits per heavy atom. The lowest BCUT2D eigenvalue weighted by Gasteiger charge is -2.42. The summed E-state index contributed by atoms with van der Waals surface area (Å²) in [7, 11) is -8.08. The fourth-order valence-electron chi connectivity index (χ4n) is 2.43. The van der Waals surface area contributed by atoms with Gasteiger partial charge < -0.3 is 19.3 Å².